The Morgan fingerprint density at radius 3 is 2.71 bits per heavy atom. The van der Waals surface area contributed by atoms with Crippen molar-refractivity contribution in [1.29, 1.82) is 0 Å². The van der Waals surface area contributed by atoms with Gasteiger partial charge in [-0.1, -0.05) is 46.3 Å². The fourth-order valence-corrected chi connectivity index (χ4v) is 1.68. The number of ether oxygens (including phenoxy) is 1. The molecule has 1 unspecified atom stereocenters. The molecule has 0 spiro atoms. The van der Waals surface area contributed by atoms with Crippen LogP contribution in [-0.4, -0.2) is 31.0 Å². The Balaban J connectivity index is 2.28. The van der Waals surface area contributed by atoms with Crippen LogP contribution in [-0.2, 0) is 9.53 Å². The second-order valence-electron chi connectivity index (χ2n) is 3.72. The minimum Gasteiger partial charge on any atom is -0.379 e. The molecule has 0 aromatic heterocycles. The van der Waals surface area contributed by atoms with E-state index in [1.165, 1.54) is 0 Å². The van der Waals surface area contributed by atoms with Crippen LogP contribution in [0.1, 0.15) is 18.4 Å². The van der Waals surface area contributed by atoms with Crippen LogP contribution in [0.25, 0.3) is 0 Å². The summed E-state index contributed by atoms with van der Waals surface area (Å²) in [5.74, 6) is -0.0778. The molecule has 1 amide bonds. The van der Waals surface area contributed by atoms with E-state index in [9.17, 15) is 4.79 Å². The summed E-state index contributed by atoms with van der Waals surface area (Å²) in [5.41, 5.74) is 1.03. The molecule has 1 atom stereocenters. The third kappa shape index (κ3) is 5.33. The van der Waals surface area contributed by atoms with Gasteiger partial charge in [-0.05, 0) is 12.5 Å². The Hall–Kier alpha value is -0.870. The first kappa shape index (κ1) is 14.2. The van der Waals surface area contributed by atoms with E-state index in [-0.39, 0.29) is 11.8 Å². The third-order valence-electron chi connectivity index (χ3n) is 2.46. The fourth-order valence-electron chi connectivity index (χ4n) is 1.45. The van der Waals surface area contributed by atoms with Crippen LogP contribution in [0, 0.1) is 0 Å². The Morgan fingerprint density at radius 2 is 2.06 bits per heavy atom. The van der Waals surface area contributed by atoms with E-state index in [1.54, 1.807) is 0 Å². The zero-order chi connectivity index (χ0) is 12.5. The zero-order valence-electron chi connectivity index (χ0n) is 9.99. The summed E-state index contributed by atoms with van der Waals surface area (Å²) in [6.07, 6.45) is 0. The summed E-state index contributed by atoms with van der Waals surface area (Å²) in [6, 6.07) is 9.76. The van der Waals surface area contributed by atoms with Crippen molar-refractivity contribution in [1.82, 2.24) is 5.32 Å². The predicted octanol–water partition coefficient (Wildman–Crippen LogP) is 2.32. The van der Waals surface area contributed by atoms with E-state index in [2.05, 4.69) is 21.2 Å². The number of carbonyl (C=O) groups excluding carboxylic acids is 1. The van der Waals surface area contributed by atoms with Crippen molar-refractivity contribution in [3.05, 3.63) is 35.9 Å². The summed E-state index contributed by atoms with van der Waals surface area (Å²) in [5, 5.41) is 3.68. The van der Waals surface area contributed by atoms with Gasteiger partial charge in [0.05, 0.1) is 19.1 Å². The van der Waals surface area contributed by atoms with Gasteiger partial charge in [0.1, 0.15) is 0 Å². The van der Waals surface area contributed by atoms with E-state index in [0.29, 0.717) is 19.8 Å². The lowest BCUT2D eigenvalue weighted by atomic mass is 10.0. The van der Waals surface area contributed by atoms with Crippen LogP contribution < -0.4 is 5.32 Å². The highest BCUT2D eigenvalue weighted by molar-refractivity contribution is 9.09. The number of hydrogen-bond acceptors (Lipinski definition) is 2. The summed E-state index contributed by atoms with van der Waals surface area (Å²) >= 11 is 3.27. The standard InChI is InChI=1S/C13H18BrNO2/c1-11(12-5-3-2-4-6-12)13(16)15-8-10-17-9-7-14/h2-6,11H,7-10H2,1H3,(H,15,16). The van der Waals surface area contributed by atoms with Gasteiger partial charge >= 0.3 is 0 Å². The monoisotopic (exact) mass is 299 g/mol. The van der Waals surface area contributed by atoms with Crippen molar-refractivity contribution in [3.63, 3.8) is 0 Å². The van der Waals surface area contributed by atoms with Crippen LogP contribution in [0.4, 0.5) is 0 Å². The molecule has 94 valence electrons. The number of alkyl halides is 1. The largest absolute Gasteiger partial charge is 0.379 e. The Morgan fingerprint density at radius 1 is 1.35 bits per heavy atom. The second kappa shape index (κ2) is 8.25. The molecule has 0 aliphatic rings. The first-order chi connectivity index (χ1) is 8.25. The Kier molecular flexibility index (Phi) is 6.89. The molecule has 0 radical (unpaired) electrons. The molecule has 0 bridgehead atoms. The van der Waals surface area contributed by atoms with Gasteiger partial charge in [0.15, 0.2) is 0 Å². The van der Waals surface area contributed by atoms with Gasteiger partial charge in [0.25, 0.3) is 0 Å². The van der Waals surface area contributed by atoms with E-state index in [4.69, 9.17) is 4.74 Å². The zero-order valence-corrected chi connectivity index (χ0v) is 11.6. The van der Waals surface area contributed by atoms with Crippen molar-refractivity contribution in [3.8, 4) is 0 Å². The lowest BCUT2D eigenvalue weighted by molar-refractivity contribution is -0.122. The first-order valence-corrected chi connectivity index (χ1v) is 6.84. The maximum Gasteiger partial charge on any atom is 0.227 e. The second-order valence-corrected chi connectivity index (χ2v) is 4.52. The molecule has 4 heteroatoms. The summed E-state index contributed by atoms with van der Waals surface area (Å²) in [6.45, 7) is 3.69. The summed E-state index contributed by atoms with van der Waals surface area (Å²) in [7, 11) is 0. The van der Waals surface area contributed by atoms with Gasteiger partial charge in [-0.25, -0.2) is 0 Å². The van der Waals surface area contributed by atoms with Crippen LogP contribution in [0.5, 0.6) is 0 Å². The molecule has 0 aliphatic heterocycles. The van der Waals surface area contributed by atoms with E-state index >= 15 is 0 Å². The summed E-state index contributed by atoms with van der Waals surface area (Å²) in [4.78, 5) is 11.8. The number of carbonyl (C=O) groups is 1. The molecule has 0 saturated heterocycles. The van der Waals surface area contributed by atoms with Crippen LogP contribution in [0.3, 0.4) is 0 Å². The van der Waals surface area contributed by atoms with Crippen molar-refractivity contribution in [2.24, 2.45) is 0 Å². The molecule has 0 heterocycles. The SMILES string of the molecule is CC(C(=O)NCCOCCBr)c1ccccc1. The molecule has 0 aliphatic carbocycles. The number of halogens is 1. The average molecular weight is 300 g/mol. The quantitative estimate of drug-likeness (QED) is 0.620. The highest BCUT2D eigenvalue weighted by atomic mass is 79.9. The smallest absolute Gasteiger partial charge is 0.227 e. The van der Waals surface area contributed by atoms with Crippen molar-refractivity contribution in [2.45, 2.75) is 12.8 Å². The third-order valence-corrected chi connectivity index (χ3v) is 2.78. The van der Waals surface area contributed by atoms with Gasteiger partial charge in [-0.3, -0.25) is 4.79 Å². The lowest BCUT2D eigenvalue weighted by Crippen LogP contribution is -2.31. The minimum atomic E-state index is -0.118. The molecule has 0 fully saturated rings. The molecule has 17 heavy (non-hydrogen) atoms. The molecule has 0 saturated carbocycles. The van der Waals surface area contributed by atoms with E-state index < -0.39 is 0 Å². The van der Waals surface area contributed by atoms with Gasteiger partial charge in [-0.15, -0.1) is 0 Å². The number of hydrogen-bond donors (Lipinski definition) is 1. The molecular formula is C13H18BrNO2. The van der Waals surface area contributed by atoms with Crippen molar-refractivity contribution >= 4 is 21.8 Å². The highest BCUT2D eigenvalue weighted by Crippen LogP contribution is 2.13. The molecule has 1 aromatic rings. The van der Waals surface area contributed by atoms with Crippen LogP contribution >= 0.6 is 15.9 Å². The molecule has 1 N–H and O–H groups in total. The van der Waals surface area contributed by atoms with Gasteiger partial charge in [0, 0.05) is 11.9 Å². The van der Waals surface area contributed by atoms with Gasteiger partial charge < -0.3 is 10.1 Å². The Labute approximate surface area is 111 Å². The maximum atomic E-state index is 11.8. The number of benzene rings is 1. The van der Waals surface area contributed by atoms with Crippen molar-refractivity contribution < 1.29 is 9.53 Å². The number of rotatable bonds is 7. The first-order valence-electron chi connectivity index (χ1n) is 5.72. The van der Waals surface area contributed by atoms with Gasteiger partial charge in [0.2, 0.25) is 5.91 Å². The summed E-state index contributed by atoms with van der Waals surface area (Å²) < 4.78 is 5.26. The molecule has 3 nitrogen and oxygen atoms in total. The van der Waals surface area contributed by atoms with Crippen LogP contribution in [0.2, 0.25) is 0 Å². The number of nitrogens with one attached hydrogen (secondary N) is 1. The Bertz CT molecular complexity index is 329. The molecule has 1 rings (SSSR count). The van der Waals surface area contributed by atoms with Gasteiger partial charge in [-0.2, -0.15) is 0 Å². The minimum absolute atomic E-state index is 0.0404. The number of amides is 1. The van der Waals surface area contributed by atoms with Crippen LogP contribution in [0.15, 0.2) is 30.3 Å². The van der Waals surface area contributed by atoms with E-state index in [1.807, 2.05) is 37.3 Å². The van der Waals surface area contributed by atoms with E-state index in [0.717, 1.165) is 10.9 Å². The average Bonchev–Trinajstić information content (AvgIpc) is 2.38. The highest BCUT2D eigenvalue weighted by Gasteiger charge is 2.13. The molecule has 1 aromatic carbocycles. The lowest BCUT2D eigenvalue weighted by Gasteiger charge is -2.12. The fraction of sp³-hybridized carbons (Fsp3) is 0.462. The van der Waals surface area contributed by atoms with Crippen molar-refractivity contribution in [2.75, 3.05) is 25.1 Å². The molecular weight excluding hydrogens is 282 g/mol. The topological polar surface area (TPSA) is 38.3 Å². The normalized spacial score (nSPS) is 12.1. The predicted molar refractivity (Wildman–Crippen MR) is 72.5 cm³/mol. The maximum absolute atomic E-state index is 11.8.